The van der Waals surface area contributed by atoms with E-state index in [1.54, 1.807) is 7.05 Å². The number of hydrogen-bond donors (Lipinski definition) is 1. The lowest BCUT2D eigenvalue weighted by atomic mass is 9.87. The Kier molecular flexibility index (Phi) is 4.11. The van der Waals surface area contributed by atoms with Crippen molar-refractivity contribution in [3.8, 4) is 0 Å². The molecule has 6 atom stereocenters. The Morgan fingerprint density at radius 1 is 1.23 bits per heavy atom. The van der Waals surface area contributed by atoms with E-state index in [9.17, 15) is 9.32 Å². The summed E-state index contributed by atoms with van der Waals surface area (Å²) in [4.78, 5) is 0.739. The van der Waals surface area contributed by atoms with Gasteiger partial charge in [0, 0.05) is 11.9 Å². The molecule has 0 aromatic heterocycles. The summed E-state index contributed by atoms with van der Waals surface area (Å²) in [6, 6.07) is 9.42. The van der Waals surface area contributed by atoms with E-state index >= 15 is 0 Å². The third-order valence-electron chi connectivity index (χ3n) is 6.17. The first kappa shape index (κ1) is 16.0. The van der Waals surface area contributed by atoms with E-state index in [0.717, 1.165) is 11.3 Å². The molecule has 0 radical (unpaired) electrons. The third-order valence-corrected chi connectivity index (χ3v) is 8.66. The summed E-state index contributed by atoms with van der Waals surface area (Å²) in [5.41, 5.74) is -0.851. The van der Waals surface area contributed by atoms with Crippen molar-refractivity contribution in [2.45, 2.75) is 43.6 Å². The summed E-state index contributed by atoms with van der Waals surface area (Å²) < 4.78 is 17.6. The largest absolute Gasteiger partial charge is 0.389 e. The fourth-order valence-electron chi connectivity index (χ4n) is 4.69. The zero-order valence-electron chi connectivity index (χ0n) is 13.7. The summed E-state index contributed by atoms with van der Waals surface area (Å²) >= 11 is 0. The van der Waals surface area contributed by atoms with Gasteiger partial charge < -0.3 is 5.11 Å². The fourth-order valence-corrected chi connectivity index (χ4v) is 6.83. The van der Waals surface area contributed by atoms with Crippen molar-refractivity contribution in [2.24, 2.45) is 28.0 Å². The average Bonchev–Trinajstić information content (AvgIpc) is 2.99. The van der Waals surface area contributed by atoms with Crippen LogP contribution in [0.25, 0.3) is 0 Å². The molecule has 1 N–H and O–H groups in total. The molecule has 1 aromatic rings. The fraction of sp³-hybridized carbons (Fsp3) is 0.667. The topological polar surface area (TPSA) is 49.7 Å². The summed E-state index contributed by atoms with van der Waals surface area (Å²) in [6.07, 6.45) is 3.24. The highest BCUT2D eigenvalue weighted by Gasteiger charge is 2.54. The van der Waals surface area contributed by atoms with Crippen LogP contribution in [0.15, 0.2) is 39.6 Å². The van der Waals surface area contributed by atoms with Crippen molar-refractivity contribution >= 4 is 9.73 Å². The summed E-state index contributed by atoms with van der Waals surface area (Å²) in [7, 11) is -0.941. The zero-order chi connectivity index (χ0) is 16.0. The second kappa shape index (κ2) is 5.64. The molecule has 4 heteroatoms. The minimum Gasteiger partial charge on any atom is -0.389 e. The van der Waals surface area contributed by atoms with Gasteiger partial charge >= 0.3 is 0 Å². The van der Waals surface area contributed by atoms with Crippen molar-refractivity contribution < 1.29 is 9.32 Å². The van der Waals surface area contributed by atoms with Crippen molar-refractivity contribution in [2.75, 3.05) is 12.8 Å². The predicted octanol–water partition coefficient (Wildman–Crippen LogP) is 3.58. The predicted molar refractivity (Wildman–Crippen MR) is 90.2 cm³/mol. The van der Waals surface area contributed by atoms with Crippen molar-refractivity contribution in [3.63, 3.8) is 0 Å². The number of rotatable bonds is 3. The highest BCUT2D eigenvalue weighted by Crippen LogP contribution is 2.55. The van der Waals surface area contributed by atoms with Crippen LogP contribution in [-0.2, 0) is 9.73 Å². The van der Waals surface area contributed by atoms with E-state index in [-0.39, 0.29) is 11.7 Å². The van der Waals surface area contributed by atoms with Gasteiger partial charge in [-0.15, -0.1) is 0 Å². The van der Waals surface area contributed by atoms with Crippen LogP contribution < -0.4 is 0 Å². The molecule has 22 heavy (non-hydrogen) atoms. The quantitative estimate of drug-likeness (QED) is 0.925. The molecule has 0 saturated heterocycles. The molecular formula is C18H27NO2S. The van der Waals surface area contributed by atoms with Gasteiger partial charge in [0.15, 0.2) is 0 Å². The van der Waals surface area contributed by atoms with Gasteiger partial charge in [-0.05, 0) is 48.6 Å². The molecule has 0 heterocycles. The maximum Gasteiger partial charge on any atom is 0.0805 e. The molecule has 2 aliphatic rings. The van der Waals surface area contributed by atoms with Crippen LogP contribution in [-0.4, -0.2) is 27.7 Å². The van der Waals surface area contributed by atoms with Gasteiger partial charge in [0.25, 0.3) is 0 Å². The van der Waals surface area contributed by atoms with Gasteiger partial charge in [-0.2, -0.15) is 0 Å². The molecule has 1 aromatic carbocycles. The molecule has 2 fully saturated rings. The Morgan fingerprint density at radius 3 is 2.50 bits per heavy atom. The van der Waals surface area contributed by atoms with Crippen LogP contribution in [0.1, 0.15) is 33.1 Å². The molecule has 0 bridgehead atoms. The first-order valence-electron chi connectivity index (χ1n) is 8.30. The first-order chi connectivity index (χ1) is 10.4. The molecule has 122 valence electrons. The lowest BCUT2D eigenvalue weighted by molar-refractivity contribution is 0.0186. The third kappa shape index (κ3) is 2.50. The lowest BCUT2D eigenvalue weighted by Crippen LogP contribution is -2.41. The van der Waals surface area contributed by atoms with Crippen LogP contribution in [0.5, 0.6) is 0 Å². The van der Waals surface area contributed by atoms with Crippen LogP contribution >= 0.6 is 0 Å². The van der Waals surface area contributed by atoms with E-state index in [1.807, 2.05) is 30.3 Å². The molecule has 2 saturated carbocycles. The lowest BCUT2D eigenvalue weighted by Gasteiger charge is -2.31. The van der Waals surface area contributed by atoms with Gasteiger partial charge in [-0.1, -0.05) is 38.5 Å². The molecule has 0 amide bonds. The first-order valence-corrected chi connectivity index (χ1v) is 9.98. The average molecular weight is 321 g/mol. The smallest absolute Gasteiger partial charge is 0.0805 e. The van der Waals surface area contributed by atoms with E-state index in [4.69, 9.17) is 0 Å². The molecular weight excluding hydrogens is 294 g/mol. The molecule has 3 nitrogen and oxygen atoms in total. The van der Waals surface area contributed by atoms with E-state index in [2.05, 4.69) is 18.2 Å². The monoisotopic (exact) mass is 321 g/mol. The Hall–Kier alpha value is -0.870. The van der Waals surface area contributed by atoms with Gasteiger partial charge in [0.05, 0.1) is 21.1 Å². The summed E-state index contributed by atoms with van der Waals surface area (Å²) in [6.45, 7) is 4.44. The van der Waals surface area contributed by atoms with Crippen LogP contribution in [0.4, 0.5) is 0 Å². The number of fused-ring (bicyclic) bond motifs is 1. The minimum absolute atomic E-state index is 0.203. The molecule has 0 spiro atoms. The standard InChI is InChI=1S/C18H27NO2S/c1-13-9-10-16-14(2)18(20,11-17(13)16)12-22(21,19-3)15-7-5-4-6-8-15/h4-8,13-14,16-17,20H,9-12H2,1-3H3/t13-,14+,16+,17+,18-,22?/m0/s1. The van der Waals surface area contributed by atoms with Crippen LogP contribution in [0.2, 0.25) is 0 Å². The Morgan fingerprint density at radius 2 is 1.91 bits per heavy atom. The Balaban J connectivity index is 1.90. The van der Waals surface area contributed by atoms with Crippen molar-refractivity contribution in [1.29, 1.82) is 0 Å². The van der Waals surface area contributed by atoms with Crippen molar-refractivity contribution in [3.05, 3.63) is 30.3 Å². The van der Waals surface area contributed by atoms with Crippen molar-refractivity contribution in [1.82, 2.24) is 0 Å². The number of benzene rings is 1. The van der Waals surface area contributed by atoms with E-state index < -0.39 is 15.3 Å². The maximum atomic E-state index is 13.3. The minimum atomic E-state index is -2.55. The number of nitrogens with zero attached hydrogens (tertiary/aromatic N) is 1. The van der Waals surface area contributed by atoms with Crippen LogP contribution in [0, 0.1) is 23.7 Å². The van der Waals surface area contributed by atoms with Gasteiger partial charge in [0.2, 0.25) is 0 Å². The highest BCUT2D eigenvalue weighted by atomic mass is 32.2. The Labute approximate surface area is 134 Å². The second-order valence-electron chi connectivity index (χ2n) is 7.26. The van der Waals surface area contributed by atoms with Gasteiger partial charge in [-0.25, -0.2) is 8.57 Å². The van der Waals surface area contributed by atoms with Crippen LogP contribution in [0.3, 0.4) is 0 Å². The molecule has 3 rings (SSSR count). The summed E-state index contributed by atoms with van der Waals surface area (Å²) in [5, 5.41) is 11.3. The zero-order valence-corrected chi connectivity index (χ0v) is 14.6. The van der Waals surface area contributed by atoms with E-state index in [1.165, 1.54) is 12.8 Å². The molecule has 2 aliphatic carbocycles. The SMILES string of the molecule is CN=S(=O)(C[C@@]1(O)C[C@H]2[C@H](CC[C@@H]2C)[C@H]1C)c1ccccc1. The number of aliphatic hydroxyl groups is 1. The Bertz CT molecular complexity index is 650. The normalized spacial score (nSPS) is 40.2. The molecule has 1 unspecified atom stereocenters. The van der Waals surface area contributed by atoms with Gasteiger partial charge in [0.1, 0.15) is 0 Å². The van der Waals surface area contributed by atoms with Gasteiger partial charge in [-0.3, -0.25) is 0 Å². The maximum absolute atomic E-state index is 13.3. The van der Waals surface area contributed by atoms with E-state index in [0.29, 0.717) is 17.8 Å². The molecule has 0 aliphatic heterocycles. The summed E-state index contributed by atoms with van der Waals surface area (Å²) in [5.74, 6) is 2.30. The second-order valence-corrected chi connectivity index (χ2v) is 9.67. The highest BCUT2D eigenvalue weighted by molar-refractivity contribution is 7.93. The number of hydrogen-bond acceptors (Lipinski definition) is 3.